The van der Waals surface area contributed by atoms with Gasteiger partial charge in [0.05, 0.1) is 25.6 Å². The molecule has 0 aromatic heterocycles. The summed E-state index contributed by atoms with van der Waals surface area (Å²) < 4.78 is 0. The summed E-state index contributed by atoms with van der Waals surface area (Å²) in [6, 6.07) is 6.51. The zero-order valence-corrected chi connectivity index (χ0v) is 13.7. The molecule has 0 bridgehead atoms. The van der Waals surface area contributed by atoms with Crippen molar-refractivity contribution in [1.29, 1.82) is 0 Å². The molecule has 2 aliphatic rings. The molecule has 1 fully saturated rings. The van der Waals surface area contributed by atoms with Crippen molar-refractivity contribution in [2.45, 2.75) is 45.4 Å². The van der Waals surface area contributed by atoms with E-state index in [1.165, 1.54) is 43.5 Å². The van der Waals surface area contributed by atoms with Gasteiger partial charge in [-0.15, -0.1) is 0 Å². The van der Waals surface area contributed by atoms with E-state index in [2.05, 4.69) is 25.1 Å². The molecule has 1 aliphatic heterocycles. The molecule has 0 saturated carbocycles. The van der Waals surface area contributed by atoms with E-state index in [1.54, 1.807) is 4.90 Å². The van der Waals surface area contributed by atoms with E-state index in [9.17, 15) is 4.79 Å². The lowest BCUT2D eigenvalue weighted by Crippen LogP contribution is -3.13. The van der Waals surface area contributed by atoms with Crippen molar-refractivity contribution >= 4 is 5.78 Å². The highest BCUT2D eigenvalue weighted by atomic mass is 35.5. The first-order valence-electron chi connectivity index (χ1n) is 8.27. The highest BCUT2D eigenvalue weighted by molar-refractivity contribution is 6.00. The lowest BCUT2D eigenvalue weighted by molar-refractivity contribution is -0.907. The second kappa shape index (κ2) is 7.42. The van der Waals surface area contributed by atoms with Crippen molar-refractivity contribution in [3.63, 3.8) is 0 Å². The average molecular weight is 308 g/mol. The highest BCUT2D eigenvalue weighted by Gasteiger charge is 2.31. The smallest absolute Gasteiger partial charge is 0.171 e. The summed E-state index contributed by atoms with van der Waals surface area (Å²) >= 11 is 0. The predicted octanol–water partition coefficient (Wildman–Crippen LogP) is -0.933. The molecule has 0 radical (unpaired) electrons. The number of benzene rings is 1. The quantitative estimate of drug-likeness (QED) is 0.765. The molecule has 1 aromatic rings. The van der Waals surface area contributed by atoms with Gasteiger partial charge in [0, 0.05) is 5.56 Å². The fourth-order valence-electron chi connectivity index (χ4n) is 3.77. The Hall–Kier alpha value is -0.860. The second-order valence-corrected chi connectivity index (χ2v) is 6.46. The summed E-state index contributed by atoms with van der Waals surface area (Å²) in [7, 11) is 0. The minimum Gasteiger partial charge on any atom is -1.00 e. The molecule has 0 spiro atoms. The van der Waals surface area contributed by atoms with Crippen LogP contribution in [-0.2, 0) is 12.8 Å². The molecule has 0 amide bonds. The van der Waals surface area contributed by atoms with Crippen LogP contribution in [0.4, 0.5) is 0 Å². The molecule has 21 heavy (non-hydrogen) atoms. The van der Waals surface area contributed by atoms with Crippen molar-refractivity contribution in [2.24, 2.45) is 5.92 Å². The molecule has 1 heterocycles. The van der Waals surface area contributed by atoms with Crippen molar-refractivity contribution in [2.75, 3.05) is 19.6 Å². The number of likely N-dealkylation sites (tertiary alicyclic amines) is 1. The Morgan fingerprint density at radius 2 is 1.95 bits per heavy atom. The lowest BCUT2D eigenvalue weighted by Gasteiger charge is -2.29. The van der Waals surface area contributed by atoms with Gasteiger partial charge in [0.25, 0.3) is 0 Å². The Kier molecular flexibility index (Phi) is 5.83. The van der Waals surface area contributed by atoms with Gasteiger partial charge < -0.3 is 17.3 Å². The minimum atomic E-state index is 0. The predicted molar refractivity (Wildman–Crippen MR) is 81.4 cm³/mol. The molecular weight excluding hydrogens is 282 g/mol. The zero-order chi connectivity index (χ0) is 13.9. The summed E-state index contributed by atoms with van der Waals surface area (Å²) in [6.07, 6.45) is 7.22. The maximum absolute atomic E-state index is 12.7. The monoisotopic (exact) mass is 307 g/mol. The van der Waals surface area contributed by atoms with Crippen LogP contribution in [0.3, 0.4) is 0 Å². The van der Waals surface area contributed by atoms with Gasteiger partial charge in [-0.1, -0.05) is 19.1 Å². The molecule has 3 heteroatoms. The van der Waals surface area contributed by atoms with Crippen LogP contribution in [0.25, 0.3) is 0 Å². The molecule has 2 nitrogen and oxygen atoms in total. The number of quaternary nitrogens is 1. The zero-order valence-electron chi connectivity index (χ0n) is 13.0. The first-order chi connectivity index (χ1) is 9.78. The number of halogens is 1. The summed E-state index contributed by atoms with van der Waals surface area (Å²) in [5, 5.41) is 0. The van der Waals surface area contributed by atoms with Crippen molar-refractivity contribution in [1.82, 2.24) is 0 Å². The SMILES string of the molecule is CCc1ccc2c(c1)C(=O)C(C[NH+]1CCCCC1)CC2.[Cl-]. The first kappa shape index (κ1) is 16.5. The van der Waals surface area contributed by atoms with Gasteiger partial charge in [0.1, 0.15) is 0 Å². The average Bonchev–Trinajstić information content (AvgIpc) is 2.51. The number of carbonyl (C=O) groups is 1. The number of nitrogens with one attached hydrogen (secondary N) is 1. The first-order valence-corrected chi connectivity index (χ1v) is 8.27. The lowest BCUT2D eigenvalue weighted by atomic mass is 9.81. The molecule has 1 atom stereocenters. The van der Waals surface area contributed by atoms with Crippen LogP contribution in [0.2, 0.25) is 0 Å². The topological polar surface area (TPSA) is 21.5 Å². The van der Waals surface area contributed by atoms with E-state index < -0.39 is 0 Å². The summed E-state index contributed by atoms with van der Waals surface area (Å²) in [5.74, 6) is 0.683. The maximum Gasteiger partial charge on any atom is 0.171 e. The van der Waals surface area contributed by atoms with Crippen LogP contribution in [0, 0.1) is 5.92 Å². The molecule has 1 N–H and O–H groups in total. The van der Waals surface area contributed by atoms with Crippen molar-refractivity contribution < 1.29 is 22.1 Å². The van der Waals surface area contributed by atoms with Gasteiger partial charge in [-0.25, -0.2) is 0 Å². The Bertz CT molecular complexity index is 494. The minimum absolute atomic E-state index is 0. The van der Waals surface area contributed by atoms with Crippen LogP contribution in [0.1, 0.15) is 54.1 Å². The third kappa shape index (κ3) is 3.67. The summed E-state index contributed by atoms with van der Waals surface area (Å²) in [4.78, 5) is 14.4. The summed E-state index contributed by atoms with van der Waals surface area (Å²) in [6.45, 7) is 5.76. The van der Waals surface area contributed by atoms with Crippen LogP contribution < -0.4 is 17.3 Å². The van der Waals surface area contributed by atoms with E-state index in [1.807, 2.05) is 0 Å². The number of carbonyl (C=O) groups excluding carboxylic acids is 1. The molecular formula is C18H26ClNO. The van der Waals surface area contributed by atoms with Crippen molar-refractivity contribution in [3.05, 3.63) is 34.9 Å². The van der Waals surface area contributed by atoms with Crippen LogP contribution in [-0.4, -0.2) is 25.4 Å². The standard InChI is InChI=1S/C18H25NO.ClH/c1-2-14-6-7-15-8-9-16(18(20)17(15)12-14)13-19-10-4-3-5-11-19;/h6-7,12,16H,2-5,8-11,13H2,1H3;1H. The van der Waals surface area contributed by atoms with Gasteiger partial charge >= 0.3 is 0 Å². The molecule has 3 rings (SSSR count). The van der Waals surface area contributed by atoms with Crippen LogP contribution in [0.15, 0.2) is 18.2 Å². The van der Waals surface area contributed by atoms with E-state index in [4.69, 9.17) is 0 Å². The number of fused-ring (bicyclic) bond motifs is 1. The van der Waals surface area contributed by atoms with E-state index in [0.717, 1.165) is 31.4 Å². The third-order valence-electron chi connectivity index (χ3n) is 5.08. The van der Waals surface area contributed by atoms with Crippen molar-refractivity contribution in [3.8, 4) is 0 Å². The molecule has 1 aromatic carbocycles. The van der Waals surface area contributed by atoms with E-state index in [-0.39, 0.29) is 18.3 Å². The number of aryl methyl sites for hydroxylation is 2. The molecule has 116 valence electrons. The fraction of sp³-hybridized carbons (Fsp3) is 0.611. The number of hydrogen-bond donors (Lipinski definition) is 1. The Morgan fingerprint density at radius 1 is 1.19 bits per heavy atom. The van der Waals surface area contributed by atoms with Crippen LogP contribution in [0.5, 0.6) is 0 Å². The molecule has 1 aliphatic carbocycles. The number of hydrogen-bond acceptors (Lipinski definition) is 1. The second-order valence-electron chi connectivity index (χ2n) is 6.46. The van der Waals surface area contributed by atoms with Gasteiger partial charge in [0.15, 0.2) is 5.78 Å². The van der Waals surface area contributed by atoms with Gasteiger partial charge in [-0.05, 0) is 55.7 Å². The fourth-order valence-corrected chi connectivity index (χ4v) is 3.77. The van der Waals surface area contributed by atoms with Gasteiger partial charge in [-0.2, -0.15) is 0 Å². The molecule has 1 unspecified atom stereocenters. The Balaban J connectivity index is 0.00000161. The van der Waals surface area contributed by atoms with Crippen LogP contribution >= 0.6 is 0 Å². The Morgan fingerprint density at radius 3 is 2.67 bits per heavy atom. The normalized spacial score (nSPS) is 22.5. The maximum atomic E-state index is 12.7. The number of ketones is 1. The van der Waals surface area contributed by atoms with E-state index in [0.29, 0.717) is 5.78 Å². The van der Waals surface area contributed by atoms with E-state index >= 15 is 0 Å². The third-order valence-corrected chi connectivity index (χ3v) is 5.08. The van der Waals surface area contributed by atoms with Gasteiger partial charge in [-0.3, -0.25) is 4.79 Å². The molecule has 1 saturated heterocycles. The number of rotatable bonds is 3. The van der Waals surface area contributed by atoms with Gasteiger partial charge in [0.2, 0.25) is 0 Å². The number of Topliss-reactive ketones (excluding diaryl/α,β-unsaturated/α-hetero) is 1. The highest BCUT2D eigenvalue weighted by Crippen LogP contribution is 2.26. The summed E-state index contributed by atoms with van der Waals surface area (Å²) in [5.41, 5.74) is 3.59. The Labute approximate surface area is 134 Å². The number of piperidine rings is 1. The largest absolute Gasteiger partial charge is 1.00 e.